The van der Waals surface area contributed by atoms with E-state index in [9.17, 15) is 19.5 Å². The number of carbonyl (C=O) groups is 3. The quantitative estimate of drug-likeness (QED) is 0.269. The van der Waals surface area contributed by atoms with Gasteiger partial charge >= 0.3 is 0 Å². The molecule has 1 heterocycles. The van der Waals surface area contributed by atoms with Crippen molar-refractivity contribution in [3.8, 4) is 5.75 Å². The highest BCUT2D eigenvalue weighted by Gasteiger charge is 2.36. The number of hydrogen-bond acceptors (Lipinski definition) is 6. The molecule has 3 rings (SSSR count). The summed E-state index contributed by atoms with van der Waals surface area (Å²) in [5.74, 6) is -0.773. The largest absolute Gasteiger partial charge is 0.506 e. The standard InChI is InChI=1S/C19H14I2N2O4S2/c1-28-12-4-2-3-11(8-12)22-16(24)9-23-18(26)15(29-19(23)27)7-10-5-13(20)17(25)14(21)6-10/h2-8,25H,9H2,1H3,(H,22,24)/b15-7+. The number of hydrogen-bond donors (Lipinski definition) is 2. The van der Waals surface area contributed by atoms with Gasteiger partial charge in [-0.3, -0.25) is 19.3 Å². The van der Waals surface area contributed by atoms with Gasteiger partial charge in [-0.15, -0.1) is 11.8 Å². The summed E-state index contributed by atoms with van der Waals surface area (Å²) < 4.78 is 1.29. The van der Waals surface area contributed by atoms with Crippen LogP contribution in [0.5, 0.6) is 5.75 Å². The molecule has 0 aromatic heterocycles. The molecule has 150 valence electrons. The Kier molecular flexibility index (Phi) is 7.51. The smallest absolute Gasteiger partial charge is 0.294 e. The molecule has 0 unspecified atom stereocenters. The van der Waals surface area contributed by atoms with E-state index >= 15 is 0 Å². The lowest BCUT2D eigenvalue weighted by Crippen LogP contribution is -2.36. The third-order valence-corrected chi connectivity index (χ3v) is 7.14. The van der Waals surface area contributed by atoms with Crippen LogP contribution in [-0.4, -0.2) is 39.9 Å². The van der Waals surface area contributed by atoms with Crippen LogP contribution in [0, 0.1) is 7.14 Å². The molecule has 1 saturated heterocycles. The van der Waals surface area contributed by atoms with Crippen LogP contribution in [0.25, 0.3) is 6.08 Å². The number of anilines is 1. The highest BCUT2D eigenvalue weighted by Crippen LogP contribution is 2.34. The number of imide groups is 1. The predicted octanol–water partition coefficient (Wildman–Crippen LogP) is 5.00. The fourth-order valence-corrected chi connectivity index (χ4v) is 5.62. The second-order valence-electron chi connectivity index (χ2n) is 5.88. The van der Waals surface area contributed by atoms with Crippen molar-refractivity contribution in [2.24, 2.45) is 0 Å². The number of phenolic OH excluding ortho intramolecular Hbond substituents is 1. The Labute approximate surface area is 203 Å². The third-order valence-electron chi connectivity index (χ3n) is 3.87. The molecule has 0 saturated carbocycles. The predicted molar refractivity (Wildman–Crippen MR) is 133 cm³/mol. The first-order chi connectivity index (χ1) is 13.8. The minimum absolute atomic E-state index is 0.179. The molecule has 6 nitrogen and oxygen atoms in total. The van der Waals surface area contributed by atoms with Crippen molar-refractivity contribution in [1.29, 1.82) is 0 Å². The van der Waals surface area contributed by atoms with E-state index in [1.165, 1.54) is 0 Å². The van der Waals surface area contributed by atoms with Gasteiger partial charge in [0.1, 0.15) is 12.3 Å². The average Bonchev–Trinajstić information content (AvgIpc) is 2.93. The monoisotopic (exact) mass is 652 g/mol. The summed E-state index contributed by atoms with van der Waals surface area (Å²) in [5, 5.41) is 12.1. The van der Waals surface area contributed by atoms with E-state index in [-0.39, 0.29) is 17.2 Å². The summed E-state index contributed by atoms with van der Waals surface area (Å²) in [6.07, 6.45) is 3.53. The zero-order valence-electron chi connectivity index (χ0n) is 14.9. The minimum atomic E-state index is -0.508. The van der Waals surface area contributed by atoms with Gasteiger partial charge in [0.05, 0.1) is 12.0 Å². The van der Waals surface area contributed by atoms with Gasteiger partial charge in [-0.2, -0.15) is 0 Å². The van der Waals surface area contributed by atoms with Gasteiger partial charge in [0, 0.05) is 10.6 Å². The molecular weight excluding hydrogens is 638 g/mol. The zero-order chi connectivity index (χ0) is 21.1. The SMILES string of the molecule is CSc1cccc(NC(=O)CN2C(=O)S/C(=C/c3cc(I)c(O)c(I)c3)C2=O)c1. The molecule has 1 aliphatic rings. The number of nitrogens with zero attached hydrogens (tertiary/aromatic N) is 1. The molecule has 2 aromatic rings. The molecule has 2 aromatic carbocycles. The summed E-state index contributed by atoms with van der Waals surface area (Å²) in [4.78, 5) is 39.4. The van der Waals surface area contributed by atoms with Gasteiger partial charge in [0.15, 0.2) is 0 Å². The van der Waals surface area contributed by atoms with Crippen molar-refractivity contribution in [1.82, 2.24) is 4.90 Å². The first-order valence-corrected chi connectivity index (χ1v) is 12.4. The second kappa shape index (κ2) is 9.71. The van der Waals surface area contributed by atoms with E-state index in [0.29, 0.717) is 18.4 Å². The average molecular weight is 652 g/mol. The summed E-state index contributed by atoms with van der Waals surface area (Å²) in [6.45, 7) is -0.351. The lowest BCUT2D eigenvalue weighted by Gasteiger charge is -2.12. The van der Waals surface area contributed by atoms with E-state index in [4.69, 9.17) is 0 Å². The first-order valence-electron chi connectivity index (χ1n) is 8.15. The molecule has 0 spiro atoms. The van der Waals surface area contributed by atoms with Crippen LogP contribution in [0.4, 0.5) is 10.5 Å². The Balaban J connectivity index is 1.72. The first kappa shape index (κ1) is 22.4. The lowest BCUT2D eigenvalue weighted by molar-refractivity contribution is -0.127. The van der Waals surface area contributed by atoms with Crippen molar-refractivity contribution < 1.29 is 19.5 Å². The van der Waals surface area contributed by atoms with Crippen LogP contribution >= 0.6 is 68.7 Å². The molecule has 1 aliphatic heterocycles. The molecule has 29 heavy (non-hydrogen) atoms. The Morgan fingerprint density at radius 3 is 2.59 bits per heavy atom. The van der Waals surface area contributed by atoms with E-state index in [0.717, 1.165) is 21.6 Å². The van der Waals surface area contributed by atoms with Crippen molar-refractivity contribution >= 4 is 97.5 Å². The van der Waals surface area contributed by atoms with Gasteiger partial charge in [0.2, 0.25) is 5.91 Å². The number of thioether (sulfide) groups is 2. The zero-order valence-corrected chi connectivity index (χ0v) is 20.9. The summed E-state index contributed by atoms with van der Waals surface area (Å²) in [6, 6.07) is 10.8. The maximum atomic E-state index is 12.6. The van der Waals surface area contributed by atoms with Gasteiger partial charge in [-0.1, -0.05) is 6.07 Å². The maximum absolute atomic E-state index is 12.6. The second-order valence-corrected chi connectivity index (χ2v) is 10.1. The van der Waals surface area contributed by atoms with Crippen molar-refractivity contribution in [3.05, 3.63) is 54.0 Å². The van der Waals surface area contributed by atoms with E-state index in [1.54, 1.807) is 36.0 Å². The maximum Gasteiger partial charge on any atom is 0.294 e. The highest BCUT2D eigenvalue weighted by atomic mass is 127. The molecule has 0 atom stereocenters. The van der Waals surface area contributed by atoms with E-state index < -0.39 is 17.1 Å². The fraction of sp³-hybridized carbons (Fsp3) is 0.105. The van der Waals surface area contributed by atoms with Crippen molar-refractivity contribution in [2.45, 2.75) is 4.90 Å². The number of amides is 3. The Hall–Kier alpha value is -1.25. The number of halogens is 2. The van der Waals surface area contributed by atoms with Gasteiger partial charge in [-0.05, 0) is 105 Å². The summed E-state index contributed by atoms with van der Waals surface area (Å²) in [5.41, 5.74) is 1.30. The van der Waals surface area contributed by atoms with Gasteiger partial charge in [0.25, 0.3) is 11.1 Å². The molecule has 3 amide bonds. The molecule has 0 aliphatic carbocycles. The molecular formula is C19H14I2N2O4S2. The highest BCUT2D eigenvalue weighted by molar-refractivity contribution is 14.1. The van der Waals surface area contributed by atoms with Crippen LogP contribution < -0.4 is 5.32 Å². The third kappa shape index (κ3) is 5.47. The minimum Gasteiger partial charge on any atom is -0.506 e. The van der Waals surface area contributed by atoms with Crippen LogP contribution in [0.3, 0.4) is 0 Å². The molecule has 0 radical (unpaired) electrons. The Bertz CT molecular complexity index is 1020. The molecule has 10 heteroatoms. The van der Waals surface area contributed by atoms with E-state index in [1.807, 2.05) is 69.6 Å². The molecule has 2 N–H and O–H groups in total. The fourth-order valence-electron chi connectivity index (χ4n) is 2.50. The van der Waals surface area contributed by atoms with Crippen molar-refractivity contribution in [3.63, 3.8) is 0 Å². The molecule has 1 fully saturated rings. The Morgan fingerprint density at radius 2 is 1.93 bits per heavy atom. The number of aromatic hydroxyl groups is 1. The Morgan fingerprint density at radius 1 is 1.24 bits per heavy atom. The summed E-state index contributed by atoms with van der Waals surface area (Å²) in [7, 11) is 0. The van der Waals surface area contributed by atoms with E-state index in [2.05, 4.69) is 5.32 Å². The number of phenols is 1. The van der Waals surface area contributed by atoms with Crippen LogP contribution in [0.15, 0.2) is 46.2 Å². The number of carbonyl (C=O) groups excluding carboxylic acids is 3. The topological polar surface area (TPSA) is 86.7 Å². The normalized spacial score (nSPS) is 15.3. The van der Waals surface area contributed by atoms with Crippen LogP contribution in [0.2, 0.25) is 0 Å². The lowest BCUT2D eigenvalue weighted by atomic mass is 10.2. The summed E-state index contributed by atoms with van der Waals surface area (Å²) >= 11 is 6.34. The number of benzene rings is 2. The van der Waals surface area contributed by atoms with Crippen LogP contribution in [0.1, 0.15) is 5.56 Å². The number of rotatable bonds is 5. The molecule has 0 bridgehead atoms. The van der Waals surface area contributed by atoms with Gasteiger partial charge in [-0.25, -0.2) is 0 Å². The van der Waals surface area contributed by atoms with Crippen molar-refractivity contribution in [2.75, 3.05) is 18.1 Å². The van der Waals surface area contributed by atoms with Crippen LogP contribution in [-0.2, 0) is 9.59 Å². The number of nitrogens with one attached hydrogen (secondary N) is 1. The van der Waals surface area contributed by atoms with Gasteiger partial charge < -0.3 is 10.4 Å².